The molecule has 0 fully saturated rings. The SMILES string of the molecule is CC1(C)CCC(O)(C(F)(F)F)C(Nc2cccc3[nH]c(=O)ccc23)c2cccc(Br)c21. The molecular weight excluding hydrogens is 473 g/mol. The highest BCUT2D eigenvalue weighted by Gasteiger charge is 2.61. The third-order valence-electron chi connectivity index (χ3n) is 6.20. The van der Waals surface area contributed by atoms with E-state index in [0.717, 1.165) is 5.56 Å². The minimum atomic E-state index is -4.86. The van der Waals surface area contributed by atoms with Gasteiger partial charge in [0.2, 0.25) is 5.56 Å². The Kier molecular flexibility index (Phi) is 5.21. The van der Waals surface area contributed by atoms with Gasteiger partial charge in [-0.1, -0.05) is 48.0 Å². The van der Waals surface area contributed by atoms with Gasteiger partial charge in [0.15, 0.2) is 5.60 Å². The van der Waals surface area contributed by atoms with Gasteiger partial charge >= 0.3 is 6.18 Å². The fourth-order valence-electron chi connectivity index (χ4n) is 4.50. The highest BCUT2D eigenvalue weighted by atomic mass is 79.9. The van der Waals surface area contributed by atoms with Crippen LogP contribution in [-0.2, 0) is 5.41 Å². The summed E-state index contributed by atoms with van der Waals surface area (Å²) >= 11 is 3.51. The molecule has 0 radical (unpaired) electrons. The first-order valence-corrected chi connectivity index (χ1v) is 10.7. The lowest BCUT2D eigenvalue weighted by atomic mass is 9.79. The van der Waals surface area contributed by atoms with Gasteiger partial charge in [0, 0.05) is 21.6 Å². The average Bonchev–Trinajstić information content (AvgIpc) is 2.77. The molecule has 2 aromatic carbocycles. The Hall–Kier alpha value is -2.32. The second-order valence-corrected chi connectivity index (χ2v) is 9.53. The maximum Gasteiger partial charge on any atom is 0.419 e. The number of benzene rings is 2. The van der Waals surface area contributed by atoms with Gasteiger partial charge in [-0.25, -0.2) is 0 Å². The van der Waals surface area contributed by atoms with Crippen LogP contribution in [0.15, 0.2) is 57.8 Å². The van der Waals surface area contributed by atoms with E-state index in [1.807, 2.05) is 13.8 Å². The fourth-order valence-corrected chi connectivity index (χ4v) is 5.41. The molecule has 1 aliphatic rings. The van der Waals surface area contributed by atoms with Crippen LogP contribution in [0.4, 0.5) is 18.9 Å². The Morgan fingerprint density at radius 2 is 1.81 bits per heavy atom. The summed E-state index contributed by atoms with van der Waals surface area (Å²) in [4.78, 5) is 14.4. The molecule has 2 unspecified atom stereocenters. The molecule has 1 heterocycles. The van der Waals surface area contributed by atoms with Crippen LogP contribution in [0.5, 0.6) is 0 Å². The largest absolute Gasteiger partial charge is 0.419 e. The van der Waals surface area contributed by atoms with Crippen molar-refractivity contribution < 1.29 is 18.3 Å². The zero-order chi connectivity index (χ0) is 22.6. The molecule has 0 bridgehead atoms. The summed E-state index contributed by atoms with van der Waals surface area (Å²) in [5, 5.41) is 14.7. The smallest absolute Gasteiger partial charge is 0.379 e. The Morgan fingerprint density at radius 3 is 2.52 bits per heavy atom. The summed E-state index contributed by atoms with van der Waals surface area (Å²) in [6.07, 6.45) is -5.16. The van der Waals surface area contributed by atoms with Gasteiger partial charge in [0.25, 0.3) is 0 Å². The molecule has 0 saturated carbocycles. The minimum Gasteiger partial charge on any atom is -0.379 e. The van der Waals surface area contributed by atoms with Crippen molar-refractivity contribution in [2.45, 2.75) is 49.9 Å². The van der Waals surface area contributed by atoms with E-state index < -0.39 is 29.7 Å². The number of rotatable bonds is 2. The van der Waals surface area contributed by atoms with Crippen LogP contribution in [-0.4, -0.2) is 21.9 Å². The van der Waals surface area contributed by atoms with Crippen LogP contribution in [0.25, 0.3) is 10.9 Å². The van der Waals surface area contributed by atoms with E-state index in [4.69, 9.17) is 0 Å². The lowest BCUT2D eigenvalue weighted by Gasteiger charge is -2.38. The molecule has 0 aliphatic heterocycles. The fraction of sp³-hybridized carbons (Fsp3) is 0.348. The van der Waals surface area contributed by atoms with Crippen LogP contribution in [0.2, 0.25) is 0 Å². The van der Waals surface area contributed by atoms with E-state index in [1.54, 1.807) is 42.5 Å². The van der Waals surface area contributed by atoms with E-state index in [2.05, 4.69) is 26.2 Å². The molecule has 164 valence electrons. The van der Waals surface area contributed by atoms with Gasteiger partial charge in [-0.15, -0.1) is 0 Å². The summed E-state index contributed by atoms with van der Waals surface area (Å²) < 4.78 is 43.7. The third-order valence-corrected chi connectivity index (χ3v) is 6.86. The molecule has 3 aromatic rings. The minimum absolute atomic E-state index is 0.152. The Labute approximate surface area is 185 Å². The van der Waals surface area contributed by atoms with Crippen molar-refractivity contribution in [2.24, 2.45) is 0 Å². The summed E-state index contributed by atoms with van der Waals surface area (Å²) in [6, 6.07) is 11.5. The molecule has 4 rings (SSSR count). The maximum atomic E-state index is 14.3. The zero-order valence-electron chi connectivity index (χ0n) is 17.0. The van der Waals surface area contributed by atoms with Crippen molar-refractivity contribution in [1.29, 1.82) is 0 Å². The first-order valence-electron chi connectivity index (χ1n) is 9.91. The number of halogens is 4. The number of hydrogen-bond acceptors (Lipinski definition) is 3. The summed E-state index contributed by atoms with van der Waals surface area (Å²) in [5.74, 6) is 0. The van der Waals surface area contributed by atoms with E-state index in [9.17, 15) is 23.1 Å². The number of aromatic nitrogens is 1. The van der Waals surface area contributed by atoms with Crippen LogP contribution in [0, 0.1) is 0 Å². The van der Waals surface area contributed by atoms with E-state index >= 15 is 0 Å². The predicted octanol–water partition coefficient (Wildman–Crippen LogP) is 5.81. The van der Waals surface area contributed by atoms with Crippen molar-refractivity contribution in [3.8, 4) is 0 Å². The van der Waals surface area contributed by atoms with E-state index in [1.165, 1.54) is 6.07 Å². The molecule has 31 heavy (non-hydrogen) atoms. The lowest BCUT2D eigenvalue weighted by molar-refractivity contribution is -0.269. The molecule has 3 N–H and O–H groups in total. The Morgan fingerprint density at radius 1 is 1.10 bits per heavy atom. The number of fused-ring (bicyclic) bond motifs is 2. The van der Waals surface area contributed by atoms with Crippen LogP contribution >= 0.6 is 15.9 Å². The van der Waals surface area contributed by atoms with Crippen molar-refractivity contribution in [3.63, 3.8) is 0 Å². The van der Waals surface area contributed by atoms with Crippen molar-refractivity contribution in [3.05, 3.63) is 74.5 Å². The number of nitrogens with one attached hydrogen (secondary N) is 2. The van der Waals surface area contributed by atoms with E-state index in [-0.39, 0.29) is 12.0 Å². The van der Waals surface area contributed by atoms with Gasteiger partial charge in [-0.3, -0.25) is 4.79 Å². The molecule has 0 saturated heterocycles. The Balaban J connectivity index is 1.96. The second-order valence-electron chi connectivity index (χ2n) is 8.68. The molecule has 0 amide bonds. The molecule has 0 spiro atoms. The van der Waals surface area contributed by atoms with Gasteiger partial charge < -0.3 is 15.4 Å². The number of H-pyrrole nitrogens is 1. The number of anilines is 1. The van der Waals surface area contributed by atoms with Crippen LogP contribution < -0.4 is 10.9 Å². The van der Waals surface area contributed by atoms with Gasteiger partial charge in [-0.05, 0) is 53.6 Å². The monoisotopic (exact) mass is 494 g/mol. The lowest BCUT2D eigenvalue weighted by Crippen LogP contribution is -2.52. The predicted molar refractivity (Wildman–Crippen MR) is 118 cm³/mol. The zero-order valence-corrected chi connectivity index (χ0v) is 18.6. The second kappa shape index (κ2) is 7.38. The number of alkyl halides is 3. The number of aromatic amines is 1. The average molecular weight is 495 g/mol. The Bertz CT molecular complexity index is 1210. The maximum absolute atomic E-state index is 14.3. The standard InChI is InChI=1S/C23H22BrF3N2O2/c1-21(2)11-12-22(31,23(25,26)27)20(14-5-3-6-15(24)19(14)21)29-17-8-4-7-16-13(17)9-10-18(30)28-16/h3-10,20,29,31H,11-12H2,1-2H3,(H,28,30). The quantitative estimate of drug-likeness (QED) is 0.394. The van der Waals surface area contributed by atoms with Gasteiger partial charge in [-0.2, -0.15) is 13.2 Å². The number of pyridine rings is 1. The molecule has 2 atom stereocenters. The topological polar surface area (TPSA) is 65.1 Å². The first kappa shape index (κ1) is 21.9. The van der Waals surface area contributed by atoms with Gasteiger partial charge in [0.1, 0.15) is 0 Å². The number of aliphatic hydroxyl groups is 1. The molecular formula is C23H22BrF3N2O2. The molecule has 1 aliphatic carbocycles. The van der Waals surface area contributed by atoms with Crippen molar-refractivity contribution in [1.82, 2.24) is 4.98 Å². The van der Waals surface area contributed by atoms with Gasteiger partial charge in [0.05, 0.1) is 11.6 Å². The first-order chi connectivity index (χ1) is 14.4. The number of hydrogen-bond donors (Lipinski definition) is 3. The molecule has 8 heteroatoms. The van der Waals surface area contributed by atoms with E-state index in [0.29, 0.717) is 26.6 Å². The summed E-state index contributed by atoms with van der Waals surface area (Å²) in [6.45, 7) is 3.77. The van der Waals surface area contributed by atoms with Crippen molar-refractivity contribution in [2.75, 3.05) is 5.32 Å². The highest BCUT2D eigenvalue weighted by molar-refractivity contribution is 9.10. The third kappa shape index (κ3) is 3.65. The summed E-state index contributed by atoms with van der Waals surface area (Å²) in [7, 11) is 0. The summed E-state index contributed by atoms with van der Waals surface area (Å²) in [5.41, 5.74) is -1.86. The molecule has 1 aromatic heterocycles. The van der Waals surface area contributed by atoms with Crippen molar-refractivity contribution >= 4 is 32.5 Å². The highest BCUT2D eigenvalue weighted by Crippen LogP contribution is 2.53. The normalized spacial score (nSPS) is 23.3. The van der Waals surface area contributed by atoms with Crippen LogP contribution in [0.1, 0.15) is 43.9 Å². The molecule has 4 nitrogen and oxygen atoms in total. The van der Waals surface area contributed by atoms with Crippen LogP contribution in [0.3, 0.4) is 0 Å².